The Morgan fingerprint density at radius 2 is 1.87 bits per heavy atom. The highest BCUT2D eigenvalue weighted by Crippen LogP contribution is 2.24. The first-order valence-corrected chi connectivity index (χ1v) is 10.8. The van der Waals surface area contributed by atoms with Gasteiger partial charge >= 0.3 is 0 Å². The molecule has 0 radical (unpaired) electrons. The van der Waals surface area contributed by atoms with Crippen LogP contribution in [-0.2, 0) is 15.6 Å². The lowest BCUT2D eigenvalue weighted by Crippen LogP contribution is -2.13. The minimum Gasteiger partial charge on any atom is -0.497 e. The minimum absolute atomic E-state index is 0.0630. The summed E-state index contributed by atoms with van der Waals surface area (Å²) in [7, 11) is -2.23. The van der Waals surface area contributed by atoms with E-state index in [0.717, 1.165) is 16.8 Å². The van der Waals surface area contributed by atoms with Gasteiger partial charge in [-0.15, -0.1) is 0 Å². The van der Waals surface area contributed by atoms with Crippen LogP contribution in [-0.4, -0.2) is 35.2 Å². The molecule has 2 aromatic carbocycles. The van der Waals surface area contributed by atoms with Crippen LogP contribution in [0.5, 0.6) is 5.75 Å². The molecule has 9 heteroatoms. The number of aryl methyl sites for hydroxylation is 2. The quantitative estimate of drug-likeness (QED) is 0.467. The van der Waals surface area contributed by atoms with Crippen LogP contribution >= 0.6 is 0 Å². The molecule has 0 N–H and O–H groups in total. The van der Waals surface area contributed by atoms with Crippen molar-refractivity contribution in [3.05, 3.63) is 71.8 Å². The predicted octanol–water partition coefficient (Wildman–Crippen LogP) is 3.52. The van der Waals surface area contributed by atoms with Crippen LogP contribution in [0, 0.1) is 13.8 Å². The summed E-state index contributed by atoms with van der Waals surface area (Å²) in [4.78, 5) is 8.32. The summed E-state index contributed by atoms with van der Waals surface area (Å²) in [5, 5.41) is 3.77. The Balaban J connectivity index is 1.63. The molecule has 0 saturated heterocycles. The van der Waals surface area contributed by atoms with Gasteiger partial charge in [-0.1, -0.05) is 17.3 Å². The van der Waals surface area contributed by atoms with Gasteiger partial charge in [0.1, 0.15) is 11.5 Å². The second-order valence-corrected chi connectivity index (χ2v) is 8.76. The normalized spacial score (nSPS) is 11.6. The third-order valence-electron chi connectivity index (χ3n) is 4.63. The standard InChI is InChI=1S/C21H20N4O4S/c1-14-4-5-15(2)18(12-14)25-11-10-22-21(25)30(26,27)13-19-23-20(29-24-19)16-6-8-17(28-3)9-7-16/h4-12H,13H2,1-3H3. The summed E-state index contributed by atoms with van der Waals surface area (Å²) < 4.78 is 38.1. The van der Waals surface area contributed by atoms with Crippen molar-refractivity contribution in [3.63, 3.8) is 0 Å². The van der Waals surface area contributed by atoms with E-state index in [9.17, 15) is 8.42 Å². The summed E-state index contributed by atoms with van der Waals surface area (Å²) in [6, 6.07) is 12.9. The zero-order valence-corrected chi connectivity index (χ0v) is 17.5. The topological polar surface area (TPSA) is 100 Å². The zero-order valence-electron chi connectivity index (χ0n) is 16.7. The summed E-state index contributed by atoms with van der Waals surface area (Å²) in [6.07, 6.45) is 3.10. The van der Waals surface area contributed by atoms with Crippen LogP contribution in [0.15, 0.2) is 64.5 Å². The van der Waals surface area contributed by atoms with Crippen LogP contribution < -0.4 is 4.74 Å². The van der Waals surface area contributed by atoms with Gasteiger partial charge in [0.25, 0.3) is 5.89 Å². The average Bonchev–Trinajstić information content (AvgIpc) is 3.40. The van der Waals surface area contributed by atoms with Crippen molar-refractivity contribution < 1.29 is 17.7 Å². The van der Waals surface area contributed by atoms with Crippen molar-refractivity contribution >= 4 is 9.84 Å². The van der Waals surface area contributed by atoms with E-state index in [-0.39, 0.29) is 16.9 Å². The number of rotatable bonds is 6. The molecular weight excluding hydrogens is 404 g/mol. The molecule has 4 rings (SSSR count). The number of aromatic nitrogens is 4. The van der Waals surface area contributed by atoms with Crippen molar-refractivity contribution in [1.29, 1.82) is 0 Å². The maximum Gasteiger partial charge on any atom is 0.257 e. The van der Waals surface area contributed by atoms with Gasteiger partial charge in [0.2, 0.25) is 15.0 Å². The van der Waals surface area contributed by atoms with Crippen LogP contribution in [0.4, 0.5) is 0 Å². The molecular formula is C21H20N4O4S. The Morgan fingerprint density at radius 3 is 2.60 bits per heavy atom. The first kappa shape index (κ1) is 19.8. The van der Waals surface area contributed by atoms with Gasteiger partial charge in [-0.25, -0.2) is 13.4 Å². The Hall–Kier alpha value is -3.46. The van der Waals surface area contributed by atoms with Crippen molar-refractivity contribution in [2.75, 3.05) is 7.11 Å². The van der Waals surface area contributed by atoms with E-state index in [1.165, 1.54) is 6.20 Å². The number of benzene rings is 2. The van der Waals surface area contributed by atoms with E-state index in [1.54, 1.807) is 42.1 Å². The van der Waals surface area contributed by atoms with E-state index in [2.05, 4.69) is 15.1 Å². The molecule has 2 heterocycles. The zero-order chi connectivity index (χ0) is 21.3. The highest BCUT2D eigenvalue weighted by atomic mass is 32.2. The number of ether oxygens (including phenoxy) is 1. The summed E-state index contributed by atoms with van der Waals surface area (Å²) in [5.74, 6) is 0.575. The van der Waals surface area contributed by atoms with Gasteiger partial charge in [-0.2, -0.15) is 4.98 Å². The number of sulfone groups is 1. The van der Waals surface area contributed by atoms with Crippen LogP contribution in [0.25, 0.3) is 17.1 Å². The molecule has 8 nitrogen and oxygen atoms in total. The van der Waals surface area contributed by atoms with E-state index >= 15 is 0 Å². The molecule has 4 aromatic rings. The fourth-order valence-corrected chi connectivity index (χ4v) is 4.35. The summed E-state index contributed by atoms with van der Waals surface area (Å²) >= 11 is 0. The van der Waals surface area contributed by atoms with Gasteiger partial charge in [0.05, 0.1) is 12.8 Å². The SMILES string of the molecule is COc1ccc(-c2nc(CS(=O)(=O)c3nccn3-c3cc(C)ccc3C)no2)cc1. The first-order chi connectivity index (χ1) is 14.4. The molecule has 0 bridgehead atoms. The van der Waals surface area contributed by atoms with Crippen LogP contribution in [0.3, 0.4) is 0 Å². The molecule has 0 unspecified atom stereocenters. The summed E-state index contributed by atoms with van der Waals surface area (Å²) in [6.45, 7) is 3.87. The number of hydrogen-bond acceptors (Lipinski definition) is 7. The highest BCUT2D eigenvalue weighted by Gasteiger charge is 2.25. The number of methoxy groups -OCH3 is 1. The third-order valence-corrected chi connectivity index (χ3v) is 6.13. The molecule has 154 valence electrons. The van der Waals surface area contributed by atoms with Crippen LogP contribution in [0.2, 0.25) is 0 Å². The van der Waals surface area contributed by atoms with Gasteiger partial charge < -0.3 is 9.26 Å². The lowest BCUT2D eigenvalue weighted by molar-refractivity contribution is 0.414. The smallest absolute Gasteiger partial charge is 0.257 e. The van der Waals surface area contributed by atoms with Gasteiger partial charge in [0.15, 0.2) is 5.82 Å². The number of imidazole rings is 1. The fraction of sp³-hybridized carbons (Fsp3) is 0.190. The van der Waals surface area contributed by atoms with Crippen molar-refractivity contribution in [1.82, 2.24) is 19.7 Å². The Kier molecular flexibility index (Phi) is 5.13. The van der Waals surface area contributed by atoms with Crippen LogP contribution in [0.1, 0.15) is 17.0 Å². The lowest BCUT2D eigenvalue weighted by atomic mass is 10.1. The minimum atomic E-state index is -3.81. The highest BCUT2D eigenvalue weighted by molar-refractivity contribution is 7.90. The average molecular weight is 424 g/mol. The van der Waals surface area contributed by atoms with Gasteiger partial charge in [0, 0.05) is 18.0 Å². The third kappa shape index (κ3) is 3.84. The largest absolute Gasteiger partial charge is 0.497 e. The van der Waals surface area contributed by atoms with Gasteiger partial charge in [-0.3, -0.25) is 4.57 Å². The first-order valence-electron chi connectivity index (χ1n) is 9.18. The van der Waals surface area contributed by atoms with Gasteiger partial charge in [-0.05, 0) is 55.3 Å². The molecule has 0 saturated carbocycles. The maximum absolute atomic E-state index is 13.1. The van der Waals surface area contributed by atoms with Crippen molar-refractivity contribution in [2.24, 2.45) is 0 Å². The monoisotopic (exact) mass is 424 g/mol. The second-order valence-electron chi connectivity index (χ2n) is 6.87. The molecule has 0 spiro atoms. The number of hydrogen-bond donors (Lipinski definition) is 0. The molecule has 0 aliphatic carbocycles. The molecule has 0 amide bonds. The van der Waals surface area contributed by atoms with E-state index in [4.69, 9.17) is 9.26 Å². The molecule has 2 aromatic heterocycles. The van der Waals surface area contributed by atoms with E-state index in [0.29, 0.717) is 11.3 Å². The maximum atomic E-state index is 13.1. The molecule has 0 fully saturated rings. The molecule has 30 heavy (non-hydrogen) atoms. The fourth-order valence-electron chi connectivity index (χ4n) is 3.08. The molecule has 0 aliphatic rings. The molecule has 0 atom stereocenters. The van der Waals surface area contributed by atoms with E-state index < -0.39 is 15.6 Å². The van der Waals surface area contributed by atoms with E-state index in [1.807, 2.05) is 32.0 Å². The van der Waals surface area contributed by atoms with Crippen molar-refractivity contribution in [3.8, 4) is 22.9 Å². The number of nitrogens with zero attached hydrogens (tertiary/aromatic N) is 4. The predicted molar refractivity (Wildman–Crippen MR) is 110 cm³/mol. The Morgan fingerprint density at radius 1 is 1.10 bits per heavy atom. The summed E-state index contributed by atoms with van der Waals surface area (Å²) in [5.41, 5.74) is 3.40. The Labute approximate surface area is 174 Å². The Bertz CT molecular complexity index is 1290. The molecule has 0 aliphatic heterocycles. The second kappa shape index (κ2) is 7.75. The van der Waals surface area contributed by atoms with Crippen molar-refractivity contribution in [2.45, 2.75) is 24.8 Å². The lowest BCUT2D eigenvalue weighted by Gasteiger charge is -2.11.